The van der Waals surface area contributed by atoms with Crippen LogP contribution in [0.2, 0.25) is 0 Å². The molecule has 2 aliphatic heterocycles. The van der Waals surface area contributed by atoms with Crippen LogP contribution >= 0.6 is 0 Å². The van der Waals surface area contributed by atoms with Gasteiger partial charge in [-0.1, -0.05) is 0 Å². The predicted octanol–water partition coefficient (Wildman–Crippen LogP) is 2.42. The van der Waals surface area contributed by atoms with Crippen LogP contribution in [0, 0.1) is 5.92 Å². The highest BCUT2D eigenvalue weighted by Crippen LogP contribution is 2.41. The molecule has 8 heteroatoms. The molecule has 1 unspecified atom stereocenters. The standard InChI is InChI=1S/C20H26N2O6/c1-24-15-10-16(25-2)18(26-3)17-13(15)9-14(21-17)19(23)22-6-4-5-12(11-22)20-27-7-8-28-20/h9-10,12,20-21H,4-8,11H2,1-3H3. The number of benzene rings is 1. The lowest BCUT2D eigenvalue weighted by atomic mass is 9.97. The molecule has 2 fully saturated rings. The Morgan fingerprint density at radius 1 is 1.11 bits per heavy atom. The fourth-order valence-electron chi connectivity index (χ4n) is 4.09. The molecule has 152 valence electrons. The molecule has 2 aromatic rings. The summed E-state index contributed by atoms with van der Waals surface area (Å²) in [7, 11) is 4.73. The zero-order valence-electron chi connectivity index (χ0n) is 16.4. The molecular weight excluding hydrogens is 364 g/mol. The van der Waals surface area contributed by atoms with Crippen molar-refractivity contribution in [1.82, 2.24) is 9.88 Å². The SMILES string of the molecule is COc1cc(OC)c2cc(C(=O)N3CCCC(C4OCCO4)C3)[nH]c2c1OC. The van der Waals surface area contributed by atoms with Gasteiger partial charge in [-0.2, -0.15) is 0 Å². The van der Waals surface area contributed by atoms with E-state index in [9.17, 15) is 4.79 Å². The van der Waals surface area contributed by atoms with Gasteiger partial charge in [0.1, 0.15) is 11.4 Å². The zero-order chi connectivity index (χ0) is 19.7. The van der Waals surface area contributed by atoms with Crippen molar-refractivity contribution in [2.75, 3.05) is 47.6 Å². The maximum Gasteiger partial charge on any atom is 0.270 e. The first kappa shape index (κ1) is 18.9. The van der Waals surface area contributed by atoms with E-state index in [0.717, 1.165) is 24.8 Å². The third-order valence-electron chi connectivity index (χ3n) is 5.45. The van der Waals surface area contributed by atoms with Crippen LogP contribution in [0.15, 0.2) is 12.1 Å². The van der Waals surface area contributed by atoms with E-state index in [0.29, 0.717) is 48.2 Å². The summed E-state index contributed by atoms with van der Waals surface area (Å²) >= 11 is 0. The molecule has 0 bridgehead atoms. The molecule has 1 aromatic carbocycles. The van der Waals surface area contributed by atoms with Gasteiger partial charge in [0.05, 0.1) is 40.1 Å². The van der Waals surface area contributed by atoms with Gasteiger partial charge in [-0.25, -0.2) is 0 Å². The number of methoxy groups -OCH3 is 3. The largest absolute Gasteiger partial charge is 0.496 e. The van der Waals surface area contributed by atoms with Crippen molar-refractivity contribution < 1.29 is 28.5 Å². The van der Waals surface area contributed by atoms with Crippen molar-refractivity contribution in [3.05, 3.63) is 17.8 Å². The van der Waals surface area contributed by atoms with E-state index in [1.54, 1.807) is 27.4 Å². The lowest BCUT2D eigenvalue weighted by Gasteiger charge is -2.34. The zero-order valence-corrected chi connectivity index (χ0v) is 16.4. The first-order chi connectivity index (χ1) is 13.7. The van der Waals surface area contributed by atoms with Crippen LogP contribution in [-0.2, 0) is 9.47 Å². The quantitative estimate of drug-likeness (QED) is 0.844. The van der Waals surface area contributed by atoms with E-state index in [2.05, 4.69) is 4.98 Å². The van der Waals surface area contributed by atoms with Crippen LogP contribution in [0.3, 0.4) is 0 Å². The number of rotatable bonds is 5. The molecule has 1 aromatic heterocycles. The minimum absolute atomic E-state index is 0.0537. The first-order valence-corrected chi connectivity index (χ1v) is 9.50. The molecule has 0 radical (unpaired) electrons. The molecule has 0 aliphatic carbocycles. The number of nitrogens with one attached hydrogen (secondary N) is 1. The number of H-pyrrole nitrogens is 1. The van der Waals surface area contributed by atoms with E-state index < -0.39 is 0 Å². The van der Waals surface area contributed by atoms with Gasteiger partial charge in [0.15, 0.2) is 17.8 Å². The maximum absolute atomic E-state index is 13.2. The first-order valence-electron chi connectivity index (χ1n) is 9.50. The smallest absolute Gasteiger partial charge is 0.270 e. The Morgan fingerprint density at radius 2 is 1.86 bits per heavy atom. The van der Waals surface area contributed by atoms with Gasteiger partial charge >= 0.3 is 0 Å². The molecule has 1 amide bonds. The van der Waals surface area contributed by atoms with Crippen LogP contribution in [0.1, 0.15) is 23.3 Å². The number of nitrogens with zero attached hydrogens (tertiary/aromatic N) is 1. The fourth-order valence-corrected chi connectivity index (χ4v) is 4.09. The topological polar surface area (TPSA) is 82.3 Å². The second-order valence-electron chi connectivity index (χ2n) is 7.05. The fraction of sp³-hybridized carbons (Fsp3) is 0.550. The molecule has 0 saturated carbocycles. The molecule has 1 N–H and O–H groups in total. The monoisotopic (exact) mass is 390 g/mol. The number of likely N-dealkylation sites (tertiary alicyclic amines) is 1. The molecule has 3 heterocycles. The number of carbonyl (C=O) groups excluding carboxylic acids is 1. The number of hydrogen-bond acceptors (Lipinski definition) is 6. The summed E-state index contributed by atoms with van der Waals surface area (Å²) in [6.07, 6.45) is 1.73. The molecule has 28 heavy (non-hydrogen) atoms. The number of carbonyl (C=O) groups is 1. The van der Waals surface area contributed by atoms with Crippen molar-refractivity contribution in [2.45, 2.75) is 19.1 Å². The summed E-state index contributed by atoms with van der Waals surface area (Å²) in [5.74, 6) is 1.85. The lowest BCUT2D eigenvalue weighted by Crippen LogP contribution is -2.43. The predicted molar refractivity (Wildman–Crippen MR) is 102 cm³/mol. The Morgan fingerprint density at radius 3 is 2.54 bits per heavy atom. The molecule has 1 atom stereocenters. The summed E-state index contributed by atoms with van der Waals surface area (Å²) in [5.41, 5.74) is 1.17. The van der Waals surface area contributed by atoms with Crippen LogP contribution in [0.4, 0.5) is 0 Å². The summed E-state index contributed by atoms with van der Waals surface area (Å²) in [4.78, 5) is 18.3. The summed E-state index contributed by atoms with van der Waals surface area (Å²) in [5, 5.41) is 0.777. The molecule has 4 rings (SSSR count). The average Bonchev–Trinajstić information content (AvgIpc) is 3.42. The van der Waals surface area contributed by atoms with Gasteiger partial charge in [-0.05, 0) is 18.9 Å². The Hall–Kier alpha value is -2.45. The van der Waals surface area contributed by atoms with Crippen molar-refractivity contribution >= 4 is 16.8 Å². The van der Waals surface area contributed by atoms with Crippen molar-refractivity contribution in [1.29, 1.82) is 0 Å². The molecule has 2 saturated heterocycles. The van der Waals surface area contributed by atoms with Crippen molar-refractivity contribution in [2.24, 2.45) is 5.92 Å². The summed E-state index contributed by atoms with van der Waals surface area (Å²) in [6.45, 7) is 2.59. The molecule has 0 spiro atoms. The molecular formula is C20H26N2O6. The Bertz CT molecular complexity index is 858. The van der Waals surface area contributed by atoms with Gasteiger partial charge in [-0.15, -0.1) is 0 Å². The molecule has 2 aliphatic rings. The van der Waals surface area contributed by atoms with E-state index in [4.69, 9.17) is 23.7 Å². The van der Waals surface area contributed by atoms with E-state index in [1.165, 1.54) is 0 Å². The number of ether oxygens (including phenoxy) is 5. The van der Waals surface area contributed by atoms with E-state index >= 15 is 0 Å². The third kappa shape index (κ3) is 3.27. The number of amides is 1. The summed E-state index contributed by atoms with van der Waals surface area (Å²) < 4.78 is 27.7. The van der Waals surface area contributed by atoms with Crippen LogP contribution in [0.25, 0.3) is 10.9 Å². The number of aromatic nitrogens is 1. The van der Waals surface area contributed by atoms with Gasteiger partial charge < -0.3 is 33.6 Å². The Balaban J connectivity index is 1.63. The van der Waals surface area contributed by atoms with Gasteiger partial charge in [0.2, 0.25) is 0 Å². The van der Waals surface area contributed by atoms with Gasteiger partial charge in [-0.3, -0.25) is 4.79 Å². The number of hydrogen-bond donors (Lipinski definition) is 1. The highest BCUT2D eigenvalue weighted by Gasteiger charge is 2.33. The second-order valence-corrected chi connectivity index (χ2v) is 7.05. The number of aromatic amines is 1. The van der Waals surface area contributed by atoms with E-state index in [-0.39, 0.29) is 18.1 Å². The Kier molecular flexibility index (Phi) is 5.32. The van der Waals surface area contributed by atoms with Crippen LogP contribution < -0.4 is 14.2 Å². The van der Waals surface area contributed by atoms with Crippen molar-refractivity contribution in [3.8, 4) is 17.2 Å². The Labute approximate surface area is 163 Å². The number of piperidine rings is 1. The lowest BCUT2D eigenvalue weighted by molar-refractivity contribution is -0.0969. The third-order valence-corrected chi connectivity index (χ3v) is 5.45. The summed E-state index contributed by atoms with van der Waals surface area (Å²) in [6, 6.07) is 3.57. The highest BCUT2D eigenvalue weighted by molar-refractivity contribution is 6.02. The minimum Gasteiger partial charge on any atom is -0.496 e. The molecule has 8 nitrogen and oxygen atoms in total. The van der Waals surface area contributed by atoms with Gasteiger partial charge in [0, 0.05) is 30.5 Å². The number of fused-ring (bicyclic) bond motifs is 1. The van der Waals surface area contributed by atoms with Crippen LogP contribution in [0.5, 0.6) is 17.2 Å². The van der Waals surface area contributed by atoms with Crippen LogP contribution in [-0.4, -0.2) is 69.7 Å². The van der Waals surface area contributed by atoms with Gasteiger partial charge in [0.25, 0.3) is 5.91 Å². The minimum atomic E-state index is -0.206. The second kappa shape index (κ2) is 7.89. The highest BCUT2D eigenvalue weighted by atomic mass is 16.7. The van der Waals surface area contributed by atoms with E-state index in [1.807, 2.05) is 11.0 Å². The van der Waals surface area contributed by atoms with Crippen molar-refractivity contribution in [3.63, 3.8) is 0 Å². The maximum atomic E-state index is 13.2. The average molecular weight is 390 g/mol. The normalized spacial score (nSPS) is 20.5.